The number of nitrogens with two attached hydrogens (primary N) is 1. The lowest BCUT2D eigenvalue weighted by molar-refractivity contribution is 0.184. The number of hydrogen-bond acceptors (Lipinski definition) is 4. The summed E-state index contributed by atoms with van der Waals surface area (Å²) in [6, 6.07) is 0. The van der Waals surface area contributed by atoms with Gasteiger partial charge in [-0.3, -0.25) is 4.98 Å². The maximum absolute atomic E-state index is 5.57. The van der Waals surface area contributed by atoms with E-state index in [0.717, 1.165) is 34.6 Å². The van der Waals surface area contributed by atoms with E-state index in [-0.39, 0.29) is 0 Å². The lowest BCUT2D eigenvalue weighted by Gasteiger charge is -2.16. The molecule has 0 aliphatic carbocycles. The van der Waals surface area contributed by atoms with E-state index in [1.165, 1.54) is 0 Å². The van der Waals surface area contributed by atoms with Gasteiger partial charge in [-0.05, 0) is 25.5 Å². The molecule has 0 aliphatic heterocycles. The minimum atomic E-state index is 0.489. The number of rotatable bonds is 6. The summed E-state index contributed by atoms with van der Waals surface area (Å²) in [5, 5.41) is 0. The third-order valence-corrected chi connectivity index (χ3v) is 2.59. The van der Waals surface area contributed by atoms with Gasteiger partial charge in [0.1, 0.15) is 5.75 Å². The quantitative estimate of drug-likeness (QED) is 0.819. The second-order valence-electron chi connectivity index (χ2n) is 3.85. The second-order valence-corrected chi connectivity index (χ2v) is 3.85. The minimum Gasteiger partial charge on any atom is -0.494 e. The van der Waals surface area contributed by atoms with Gasteiger partial charge >= 0.3 is 0 Å². The van der Waals surface area contributed by atoms with Crippen LogP contribution in [-0.2, 0) is 11.3 Å². The Morgan fingerprint density at radius 1 is 1.47 bits per heavy atom. The van der Waals surface area contributed by atoms with E-state index in [0.29, 0.717) is 13.2 Å². The van der Waals surface area contributed by atoms with Crippen molar-refractivity contribution in [2.24, 2.45) is 5.73 Å². The molecular weight excluding hydrogens is 216 g/mol. The van der Waals surface area contributed by atoms with E-state index in [1.54, 1.807) is 20.4 Å². The van der Waals surface area contributed by atoms with Gasteiger partial charge in [0.25, 0.3) is 0 Å². The molecule has 17 heavy (non-hydrogen) atoms. The van der Waals surface area contributed by atoms with Crippen molar-refractivity contribution in [3.8, 4) is 5.75 Å². The highest BCUT2D eigenvalue weighted by Gasteiger charge is 2.15. The van der Waals surface area contributed by atoms with Crippen LogP contribution in [0.4, 0.5) is 0 Å². The maximum Gasteiger partial charge on any atom is 0.147 e. The molecule has 1 rings (SSSR count). The number of aryl methyl sites for hydroxylation is 1. The number of methoxy groups -OCH3 is 2. The summed E-state index contributed by atoms with van der Waals surface area (Å²) < 4.78 is 10.6. The number of nitrogens with zero attached hydrogens (tertiary/aromatic N) is 1. The molecule has 0 saturated heterocycles. The van der Waals surface area contributed by atoms with Crippen LogP contribution in [0.2, 0.25) is 0 Å². The highest BCUT2D eigenvalue weighted by Crippen LogP contribution is 2.32. The molecule has 2 N–H and O–H groups in total. The Kier molecular flexibility index (Phi) is 5.12. The van der Waals surface area contributed by atoms with Gasteiger partial charge in [0, 0.05) is 24.4 Å². The summed E-state index contributed by atoms with van der Waals surface area (Å²) in [7, 11) is 3.29. The van der Waals surface area contributed by atoms with Crippen LogP contribution in [-0.4, -0.2) is 25.7 Å². The Bertz CT molecular complexity index is 403. The minimum absolute atomic E-state index is 0.489. The number of ether oxygens (including phenoxy) is 2. The molecule has 0 aromatic carbocycles. The van der Waals surface area contributed by atoms with Gasteiger partial charge < -0.3 is 15.2 Å². The molecule has 1 heterocycles. The Morgan fingerprint density at radius 3 is 2.71 bits per heavy atom. The van der Waals surface area contributed by atoms with Gasteiger partial charge in [-0.2, -0.15) is 0 Å². The average molecular weight is 236 g/mol. The monoisotopic (exact) mass is 236 g/mol. The normalized spacial score (nSPS) is 10.4. The molecule has 0 atom stereocenters. The van der Waals surface area contributed by atoms with Crippen LogP contribution in [0.25, 0.3) is 5.57 Å². The third-order valence-electron chi connectivity index (χ3n) is 2.59. The molecule has 0 bridgehead atoms. The zero-order valence-corrected chi connectivity index (χ0v) is 10.7. The first-order chi connectivity index (χ1) is 8.15. The summed E-state index contributed by atoms with van der Waals surface area (Å²) in [6.45, 7) is 7.03. The van der Waals surface area contributed by atoms with Crippen molar-refractivity contribution in [3.05, 3.63) is 29.6 Å². The van der Waals surface area contributed by atoms with Crippen molar-refractivity contribution >= 4 is 5.57 Å². The predicted octanol–water partition coefficient (Wildman–Crippen LogP) is 1.91. The fourth-order valence-electron chi connectivity index (χ4n) is 1.83. The van der Waals surface area contributed by atoms with Crippen molar-refractivity contribution in [3.63, 3.8) is 0 Å². The van der Waals surface area contributed by atoms with Gasteiger partial charge in [-0.15, -0.1) is 0 Å². The fourth-order valence-corrected chi connectivity index (χ4v) is 1.83. The molecule has 1 aromatic heterocycles. The van der Waals surface area contributed by atoms with Crippen LogP contribution in [0.5, 0.6) is 5.75 Å². The van der Waals surface area contributed by atoms with Gasteiger partial charge in [-0.1, -0.05) is 6.58 Å². The summed E-state index contributed by atoms with van der Waals surface area (Å²) >= 11 is 0. The molecule has 0 radical (unpaired) electrons. The smallest absolute Gasteiger partial charge is 0.147 e. The molecule has 0 fully saturated rings. The Morgan fingerprint density at radius 2 is 2.18 bits per heavy atom. The molecule has 4 heteroatoms. The van der Waals surface area contributed by atoms with Crippen LogP contribution in [0, 0.1) is 6.92 Å². The van der Waals surface area contributed by atoms with Gasteiger partial charge in [0.05, 0.1) is 19.4 Å². The molecule has 0 aliphatic rings. The van der Waals surface area contributed by atoms with Crippen molar-refractivity contribution in [1.82, 2.24) is 4.98 Å². The highest BCUT2D eigenvalue weighted by molar-refractivity contribution is 5.72. The van der Waals surface area contributed by atoms with Gasteiger partial charge in [0.15, 0.2) is 0 Å². The van der Waals surface area contributed by atoms with Gasteiger partial charge in [0.2, 0.25) is 0 Å². The van der Waals surface area contributed by atoms with E-state index in [4.69, 9.17) is 15.2 Å². The largest absolute Gasteiger partial charge is 0.494 e. The van der Waals surface area contributed by atoms with E-state index in [9.17, 15) is 0 Å². The first kappa shape index (κ1) is 13.7. The summed E-state index contributed by atoms with van der Waals surface area (Å²) in [5.74, 6) is 0.762. The Hall–Kier alpha value is -1.39. The van der Waals surface area contributed by atoms with Crippen molar-refractivity contribution in [1.29, 1.82) is 0 Å². The first-order valence-corrected chi connectivity index (χ1v) is 5.55. The molecular formula is C13H20N2O2. The first-order valence-electron chi connectivity index (χ1n) is 5.55. The van der Waals surface area contributed by atoms with Crippen molar-refractivity contribution in [2.45, 2.75) is 20.0 Å². The van der Waals surface area contributed by atoms with E-state index >= 15 is 0 Å². The number of aromatic nitrogens is 1. The Balaban J connectivity index is 3.27. The van der Waals surface area contributed by atoms with Crippen LogP contribution in [0.15, 0.2) is 12.8 Å². The molecule has 0 saturated carbocycles. The zero-order valence-electron chi connectivity index (χ0n) is 10.7. The zero-order chi connectivity index (χ0) is 12.8. The molecule has 0 unspecified atom stereocenters. The van der Waals surface area contributed by atoms with Crippen LogP contribution >= 0.6 is 0 Å². The van der Waals surface area contributed by atoms with E-state index in [2.05, 4.69) is 11.6 Å². The number of pyridine rings is 1. The van der Waals surface area contributed by atoms with Crippen LogP contribution < -0.4 is 10.5 Å². The van der Waals surface area contributed by atoms with Crippen LogP contribution in [0.1, 0.15) is 23.2 Å². The summed E-state index contributed by atoms with van der Waals surface area (Å²) in [5.41, 5.74) is 9.34. The fraction of sp³-hybridized carbons (Fsp3) is 0.462. The molecule has 0 amide bonds. The molecule has 94 valence electrons. The van der Waals surface area contributed by atoms with Crippen molar-refractivity contribution < 1.29 is 9.47 Å². The lowest BCUT2D eigenvalue weighted by Crippen LogP contribution is -2.06. The van der Waals surface area contributed by atoms with E-state index < -0.39 is 0 Å². The van der Waals surface area contributed by atoms with Gasteiger partial charge in [-0.25, -0.2) is 0 Å². The standard InChI is InChI=1S/C13H20N2O2/c1-9(5-6-14)12-11(8-16-3)7-15-10(2)13(12)17-4/h7H,1,5-6,8,14H2,2-4H3. The summed E-state index contributed by atoms with van der Waals surface area (Å²) in [6.07, 6.45) is 2.54. The second kappa shape index (κ2) is 6.37. The number of hydrogen-bond donors (Lipinski definition) is 1. The van der Waals surface area contributed by atoms with Crippen molar-refractivity contribution in [2.75, 3.05) is 20.8 Å². The highest BCUT2D eigenvalue weighted by atomic mass is 16.5. The molecule has 0 spiro atoms. The Labute approximate surface area is 102 Å². The topological polar surface area (TPSA) is 57.4 Å². The molecule has 1 aromatic rings. The average Bonchev–Trinajstić information content (AvgIpc) is 2.31. The SMILES string of the molecule is C=C(CCN)c1c(COC)cnc(C)c1OC. The maximum atomic E-state index is 5.57. The predicted molar refractivity (Wildman–Crippen MR) is 68.9 cm³/mol. The lowest BCUT2D eigenvalue weighted by atomic mass is 9.98. The summed E-state index contributed by atoms with van der Waals surface area (Å²) in [4.78, 5) is 4.29. The van der Waals surface area contributed by atoms with E-state index in [1.807, 2.05) is 6.92 Å². The molecule has 4 nitrogen and oxygen atoms in total. The van der Waals surface area contributed by atoms with Crippen LogP contribution in [0.3, 0.4) is 0 Å². The third kappa shape index (κ3) is 3.05.